The van der Waals surface area contributed by atoms with E-state index in [9.17, 15) is 0 Å². The molecule has 0 unspecified atom stereocenters. The third-order valence-electron chi connectivity index (χ3n) is 2.52. The van der Waals surface area contributed by atoms with E-state index in [0.29, 0.717) is 0 Å². The summed E-state index contributed by atoms with van der Waals surface area (Å²) < 4.78 is 0. The summed E-state index contributed by atoms with van der Waals surface area (Å²) >= 11 is 0. The summed E-state index contributed by atoms with van der Waals surface area (Å²) in [6.07, 6.45) is 35.1. The van der Waals surface area contributed by atoms with E-state index < -0.39 is 0 Å². The first-order valence-corrected chi connectivity index (χ1v) is 7.71. The van der Waals surface area contributed by atoms with Crippen molar-refractivity contribution in [1.82, 2.24) is 0 Å². The summed E-state index contributed by atoms with van der Waals surface area (Å²) in [4.78, 5) is 0. The van der Waals surface area contributed by atoms with Gasteiger partial charge in [-0.05, 0) is 96.3 Å². The molecule has 0 aromatic heterocycles. The molecule has 3 aliphatic carbocycles. The Balaban J connectivity index is -0.000000107. The van der Waals surface area contributed by atoms with Gasteiger partial charge in [0.15, 0.2) is 0 Å². The molecule has 0 nitrogen and oxygen atoms in total. The summed E-state index contributed by atoms with van der Waals surface area (Å²) in [6, 6.07) is 0. The predicted octanol–water partition coefficient (Wildman–Crippen LogP) is 5.46. The van der Waals surface area contributed by atoms with Gasteiger partial charge in [0, 0.05) is 33.0 Å². The molecule has 0 bridgehead atoms. The van der Waals surface area contributed by atoms with E-state index in [0.717, 1.165) is 6.42 Å². The monoisotopic (exact) mass is 454 g/mol. The second kappa shape index (κ2) is 32.2. The molecule has 0 heterocycles. The van der Waals surface area contributed by atoms with Crippen LogP contribution in [0.15, 0.2) is 0 Å². The zero-order valence-electron chi connectivity index (χ0n) is 14.1. The average Bonchev–Trinajstić information content (AvgIpc) is 3.33. The summed E-state index contributed by atoms with van der Waals surface area (Å²) in [7, 11) is 0. The van der Waals surface area contributed by atoms with Crippen LogP contribution >= 0.6 is 0 Å². The van der Waals surface area contributed by atoms with Crippen molar-refractivity contribution in [2.75, 3.05) is 0 Å². The first kappa shape index (κ1) is 33.1. The fraction of sp³-hybridized carbons (Fsp3) is 0.238. The van der Waals surface area contributed by atoms with Gasteiger partial charge in [0.1, 0.15) is 0 Å². The molecular formula is C21H28Ni3+. The van der Waals surface area contributed by atoms with Gasteiger partial charge in [-0.2, -0.15) is 6.42 Å². The second-order valence-electron chi connectivity index (χ2n) is 4.45. The fourth-order valence-electron chi connectivity index (χ4n) is 1.39. The quantitative estimate of drug-likeness (QED) is 0.301. The van der Waals surface area contributed by atoms with Crippen LogP contribution in [-0.4, -0.2) is 0 Å². The molecular weight excluding hydrogens is 428 g/mol. The van der Waals surface area contributed by atoms with Gasteiger partial charge < -0.3 is 6.92 Å². The van der Waals surface area contributed by atoms with Crippen LogP contribution in [-0.2, 0) is 49.5 Å². The van der Waals surface area contributed by atoms with E-state index in [1.807, 2.05) is 96.3 Å². The standard InChI is InChI=1S/C6H13.3C5H5.3Ni/c1-3-5-6-4-2;3*1-2-4-5-3-1;;;/h1,3-6H2,2H3;3*1-5H;;;/q-1;;;;;;+2. The molecule has 0 spiro atoms. The molecule has 0 N–H and O–H groups in total. The van der Waals surface area contributed by atoms with Crippen molar-refractivity contribution in [2.24, 2.45) is 0 Å². The largest absolute Gasteiger partial charge is 2.00 e. The molecule has 0 aliphatic heterocycles. The van der Waals surface area contributed by atoms with Gasteiger partial charge in [0.05, 0.1) is 0 Å². The third-order valence-corrected chi connectivity index (χ3v) is 2.52. The molecule has 3 rings (SSSR count). The Hall–Kier alpha value is 1.48. The van der Waals surface area contributed by atoms with Gasteiger partial charge >= 0.3 is 16.5 Å². The van der Waals surface area contributed by atoms with Crippen molar-refractivity contribution in [3.63, 3.8) is 0 Å². The van der Waals surface area contributed by atoms with Crippen molar-refractivity contribution < 1.29 is 49.5 Å². The molecule has 3 fully saturated rings. The molecule has 0 atom stereocenters. The molecule has 141 valence electrons. The summed E-state index contributed by atoms with van der Waals surface area (Å²) in [5.74, 6) is 0. The van der Waals surface area contributed by atoms with E-state index in [-0.39, 0.29) is 49.5 Å². The Morgan fingerprint density at radius 1 is 0.500 bits per heavy atom. The van der Waals surface area contributed by atoms with Crippen LogP contribution in [0.3, 0.4) is 0 Å². The summed E-state index contributed by atoms with van der Waals surface area (Å²) in [6.45, 7) is 5.93. The molecule has 0 saturated heterocycles. The minimum absolute atomic E-state index is 0. The van der Waals surface area contributed by atoms with Crippen molar-refractivity contribution in [2.45, 2.75) is 32.6 Å². The van der Waals surface area contributed by atoms with Crippen LogP contribution in [0, 0.1) is 103 Å². The first-order chi connectivity index (χ1) is 10.4. The van der Waals surface area contributed by atoms with Crippen molar-refractivity contribution in [3.8, 4) is 0 Å². The molecule has 3 saturated carbocycles. The zero-order valence-corrected chi connectivity index (χ0v) is 17.1. The van der Waals surface area contributed by atoms with Gasteiger partial charge in [-0.3, -0.25) is 0 Å². The normalized spacial score (nSPS) is 17.2. The van der Waals surface area contributed by atoms with Gasteiger partial charge in [0.2, 0.25) is 0 Å². The van der Waals surface area contributed by atoms with Gasteiger partial charge in [-0.25, -0.2) is 0 Å². The van der Waals surface area contributed by atoms with E-state index >= 15 is 0 Å². The summed E-state index contributed by atoms with van der Waals surface area (Å²) in [5.41, 5.74) is 0. The van der Waals surface area contributed by atoms with Crippen LogP contribution in [0.25, 0.3) is 0 Å². The Morgan fingerprint density at radius 3 is 0.792 bits per heavy atom. The Bertz CT molecular complexity index is 112. The predicted molar refractivity (Wildman–Crippen MR) is 94.0 cm³/mol. The molecule has 0 aromatic rings. The van der Waals surface area contributed by atoms with Crippen molar-refractivity contribution in [1.29, 1.82) is 0 Å². The van der Waals surface area contributed by atoms with Gasteiger partial charge in [0.25, 0.3) is 0 Å². The molecule has 24 heavy (non-hydrogen) atoms. The van der Waals surface area contributed by atoms with Crippen LogP contribution in [0.5, 0.6) is 0 Å². The average molecular weight is 457 g/mol. The molecule has 0 aromatic carbocycles. The minimum atomic E-state index is 0. The molecule has 0 amide bonds. The van der Waals surface area contributed by atoms with Crippen LogP contribution < -0.4 is 0 Å². The van der Waals surface area contributed by atoms with E-state index in [4.69, 9.17) is 0 Å². The Labute approximate surface area is 184 Å². The topological polar surface area (TPSA) is 0 Å². The SMILES string of the molecule is [CH2-]CCCCC.[CH]1[CH][CH][CH][CH]1.[CH]1[CH][CH][CH][CH]1.[CH]1[CH][CH][CH][CH]1.[Ni+2].[Ni].[Ni]. The van der Waals surface area contributed by atoms with Crippen molar-refractivity contribution in [3.05, 3.63) is 103 Å². The van der Waals surface area contributed by atoms with E-state index in [1.54, 1.807) is 0 Å². The Kier molecular flexibility index (Phi) is 44.4. The van der Waals surface area contributed by atoms with Gasteiger partial charge in [-0.1, -0.05) is 26.2 Å². The molecule has 3 aliphatic rings. The maximum absolute atomic E-state index is 3.72. The minimum Gasteiger partial charge on any atom is -0.343 e. The molecule has 15 radical (unpaired) electrons. The molecule has 3 heteroatoms. The number of rotatable bonds is 3. The smallest absolute Gasteiger partial charge is 0.343 e. The number of hydrogen-bond donors (Lipinski definition) is 0. The van der Waals surface area contributed by atoms with Crippen molar-refractivity contribution >= 4 is 0 Å². The fourth-order valence-corrected chi connectivity index (χ4v) is 1.39. The number of unbranched alkanes of at least 4 members (excludes halogenated alkanes) is 3. The van der Waals surface area contributed by atoms with E-state index in [1.165, 1.54) is 19.3 Å². The van der Waals surface area contributed by atoms with Gasteiger partial charge in [-0.15, -0.1) is 0 Å². The maximum Gasteiger partial charge on any atom is 2.00 e. The Morgan fingerprint density at radius 2 is 0.708 bits per heavy atom. The van der Waals surface area contributed by atoms with E-state index in [2.05, 4.69) is 13.8 Å². The van der Waals surface area contributed by atoms with Crippen LogP contribution in [0.1, 0.15) is 32.6 Å². The maximum atomic E-state index is 3.72. The zero-order chi connectivity index (χ0) is 15.4. The summed E-state index contributed by atoms with van der Waals surface area (Å²) in [5, 5.41) is 0. The first-order valence-electron chi connectivity index (χ1n) is 7.71. The number of hydrogen-bond acceptors (Lipinski definition) is 0. The van der Waals surface area contributed by atoms with Crippen LogP contribution in [0.4, 0.5) is 0 Å². The second-order valence-corrected chi connectivity index (χ2v) is 4.45. The van der Waals surface area contributed by atoms with Crippen LogP contribution in [0.2, 0.25) is 0 Å². The third kappa shape index (κ3) is 31.3.